The maximum absolute atomic E-state index is 12.6. The van der Waals surface area contributed by atoms with Gasteiger partial charge in [-0.3, -0.25) is 9.59 Å². The molecule has 0 radical (unpaired) electrons. The number of carbonyl (C=O) groups excluding carboxylic acids is 2. The molecule has 2 aromatic carbocycles. The monoisotopic (exact) mass is 412 g/mol. The zero-order chi connectivity index (χ0) is 19.5. The van der Waals surface area contributed by atoms with Crippen molar-refractivity contribution in [3.05, 3.63) is 70.2 Å². The van der Waals surface area contributed by atoms with Gasteiger partial charge in [-0.1, -0.05) is 53.3 Å². The summed E-state index contributed by atoms with van der Waals surface area (Å²) >= 11 is 7.24. The van der Waals surface area contributed by atoms with Crippen LogP contribution in [-0.4, -0.2) is 28.6 Å². The average molecular weight is 413 g/mol. The van der Waals surface area contributed by atoms with Crippen LogP contribution in [0.15, 0.2) is 54.6 Å². The second kappa shape index (κ2) is 8.08. The van der Waals surface area contributed by atoms with E-state index in [2.05, 4.69) is 15.5 Å². The van der Waals surface area contributed by atoms with Crippen molar-refractivity contribution in [1.82, 2.24) is 10.2 Å². The molecule has 1 aliphatic rings. The van der Waals surface area contributed by atoms with Crippen LogP contribution in [0.25, 0.3) is 0 Å². The van der Waals surface area contributed by atoms with Crippen LogP contribution in [0, 0.1) is 5.92 Å². The molecule has 6 nitrogen and oxygen atoms in total. The second-order valence-corrected chi connectivity index (χ2v) is 8.03. The number of hydrogen-bond acceptors (Lipinski definition) is 5. The molecule has 1 N–H and O–H groups in total. The van der Waals surface area contributed by atoms with Gasteiger partial charge in [0.25, 0.3) is 0 Å². The van der Waals surface area contributed by atoms with Crippen LogP contribution in [0.4, 0.5) is 10.8 Å². The molecule has 0 aliphatic carbocycles. The lowest BCUT2D eigenvalue weighted by molar-refractivity contribution is -0.122. The minimum absolute atomic E-state index is 0.0792. The normalized spacial score (nSPS) is 16.4. The van der Waals surface area contributed by atoms with Crippen molar-refractivity contribution in [3.63, 3.8) is 0 Å². The Kier molecular flexibility index (Phi) is 5.36. The Hall–Kier alpha value is -2.77. The lowest BCUT2D eigenvalue weighted by Crippen LogP contribution is -2.28. The molecule has 1 aliphatic heterocycles. The van der Waals surface area contributed by atoms with E-state index in [0.29, 0.717) is 23.1 Å². The van der Waals surface area contributed by atoms with Gasteiger partial charge in [0.2, 0.25) is 16.9 Å². The highest BCUT2D eigenvalue weighted by atomic mass is 35.5. The maximum atomic E-state index is 12.6. The third-order valence-electron chi connectivity index (χ3n) is 4.53. The molecule has 0 bridgehead atoms. The fraction of sp³-hybridized carbons (Fsp3) is 0.200. The lowest BCUT2D eigenvalue weighted by Gasteiger charge is -2.16. The van der Waals surface area contributed by atoms with Crippen molar-refractivity contribution in [2.75, 3.05) is 16.8 Å². The van der Waals surface area contributed by atoms with E-state index in [1.54, 1.807) is 29.2 Å². The van der Waals surface area contributed by atoms with Crippen molar-refractivity contribution < 1.29 is 9.59 Å². The molecule has 2 heterocycles. The predicted octanol–water partition coefficient (Wildman–Crippen LogP) is 3.77. The molecule has 4 rings (SSSR count). The summed E-state index contributed by atoms with van der Waals surface area (Å²) in [6.07, 6.45) is 0.838. The van der Waals surface area contributed by atoms with Gasteiger partial charge in [-0.25, -0.2) is 0 Å². The number of rotatable bonds is 5. The molecule has 1 aromatic heterocycles. The second-order valence-electron chi connectivity index (χ2n) is 6.53. The van der Waals surface area contributed by atoms with E-state index in [-0.39, 0.29) is 18.2 Å². The van der Waals surface area contributed by atoms with Crippen LogP contribution in [0.5, 0.6) is 0 Å². The van der Waals surface area contributed by atoms with E-state index in [9.17, 15) is 9.59 Å². The first-order chi connectivity index (χ1) is 13.6. The summed E-state index contributed by atoms with van der Waals surface area (Å²) in [5.41, 5.74) is 1.88. The zero-order valence-electron chi connectivity index (χ0n) is 14.8. The van der Waals surface area contributed by atoms with Crippen LogP contribution in [0.1, 0.15) is 17.0 Å². The quantitative estimate of drug-likeness (QED) is 0.692. The Labute approximate surface area is 171 Å². The highest BCUT2D eigenvalue weighted by Crippen LogP contribution is 2.27. The molecule has 1 atom stereocenters. The molecule has 0 spiro atoms. The Morgan fingerprint density at radius 3 is 2.64 bits per heavy atom. The maximum Gasteiger partial charge on any atom is 0.231 e. The van der Waals surface area contributed by atoms with Gasteiger partial charge in [-0.2, -0.15) is 0 Å². The molecule has 0 unspecified atom stereocenters. The number of benzene rings is 2. The van der Waals surface area contributed by atoms with Gasteiger partial charge in [0.15, 0.2) is 0 Å². The Balaban J connectivity index is 1.38. The fourth-order valence-electron chi connectivity index (χ4n) is 3.11. The first-order valence-electron chi connectivity index (χ1n) is 8.81. The summed E-state index contributed by atoms with van der Waals surface area (Å²) in [6.45, 7) is 0.335. The topological polar surface area (TPSA) is 75.2 Å². The molecule has 3 aromatic rings. The van der Waals surface area contributed by atoms with Gasteiger partial charge in [0, 0.05) is 30.1 Å². The minimum atomic E-state index is -0.426. The molecule has 1 fully saturated rings. The van der Waals surface area contributed by atoms with E-state index in [1.165, 1.54) is 11.3 Å². The van der Waals surface area contributed by atoms with Gasteiger partial charge < -0.3 is 10.2 Å². The molecule has 1 saturated heterocycles. The van der Waals surface area contributed by atoms with Gasteiger partial charge in [-0.05, 0) is 29.8 Å². The summed E-state index contributed by atoms with van der Waals surface area (Å²) in [7, 11) is 0. The number of amides is 2. The predicted molar refractivity (Wildman–Crippen MR) is 110 cm³/mol. The lowest BCUT2D eigenvalue weighted by atomic mass is 10.1. The summed E-state index contributed by atoms with van der Waals surface area (Å²) in [4.78, 5) is 26.5. The molecular weight excluding hydrogens is 396 g/mol. The largest absolute Gasteiger partial charge is 0.312 e. The van der Waals surface area contributed by atoms with Crippen LogP contribution >= 0.6 is 22.9 Å². The molecule has 28 heavy (non-hydrogen) atoms. The van der Waals surface area contributed by atoms with Crippen LogP contribution in [0.3, 0.4) is 0 Å². The van der Waals surface area contributed by atoms with E-state index >= 15 is 0 Å². The van der Waals surface area contributed by atoms with E-state index in [1.807, 2.05) is 30.3 Å². The Morgan fingerprint density at radius 1 is 1.14 bits per heavy atom. The zero-order valence-corrected chi connectivity index (χ0v) is 16.4. The highest BCUT2D eigenvalue weighted by Gasteiger charge is 2.35. The standard InChI is InChI=1S/C20H17ClN4O2S/c21-15-6-8-16(9-7-15)25-12-14(11-18(25)26)19(27)22-20-24-23-17(28-20)10-13-4-2-1-3-5-13/h1-9,14H,10-12H2,(H,22,24,27)/t14-/m0/s1. The smallest absolute Gasteiger partial charge is 0.231 e. The summed E-state index contributed by atoms with van der Waals surface area (Å²) in [5.74, 6) is -0.721. The Bertz CT molecular complexity index is 991. The Morgan fingerprint density at radius 2 is 1.89 bits per heavy atom. The molecule has 142 valence electrons. The molecule has 0 saturated carbocycles. The van der Waals surface area contributed by atoms with Crippen molar-refractivity contribution in [2.24, 2.45) is 5.92 Å². The summed E-state index contributed by atoms with van der Waals surface area (Å²) in [6, 6.07) is 17.0. The average Bonchev–Trinajstić information content (AvgIpc) is 3.30. The number of aromatic nitrogens is 2. The molecular formula is C20H17ClN4O2S. The van der Waals surface area contributed by atoms with Crippen molar-refractivity contribution in [1.29, 1.82) is 0 Å². The third-order valence-corrected chi connectivity index (χ3v) is 5.62. The number of nitrogens with zero attached hydrogens (tertiary/aromatic N) is 3. The number of anilines is 2. The number of carbonyl (C=O) groups is 2. The number of nitrogens with one attached hydrogen (secondary N) is 1. The van der Waals surface area contributed by atoms with E-state index < -0.39 is 5.92 Å². The SMILES string of the molecule is O=C(Nc1nnc(Cc2ccccc2)s1)[C@H]1CC(=O)N(c2ccc(Cl)cc2)C1. The van der Waals surface area contributed by atoms with Crippen molar-refractivity contribution in [3.8, 4) is 0 Å². The van der Waals surface area contributed by atoms with Gasteiger partial charge >= 0.3 is 0 Å². The van der Waals surface area contributed by atoms with E-state index in [0.717, 1.165) is 16.3 Å². The van der Waals surface area contributed by atoms with Crippen LogP contribution < -0.4 is 10.2 Å². The van der Waals surface area contributed by atoms with Gasteiger partial charge in [-0.15, -0.1) is 10.2 Å². The molecule has 2 amide bonds. The first-order valence-corrected chi connectivity index (χ1v) is 10.0. The third kappa shape index (κ3) is 4.21. The molecule has 8 heteroatoms. The highest BCUT2D eigenvalue weighted by molar-refractivity contribution is 7.15. The van der Waals surface area contributed by atoms with Crippen molar-refractivity contribution >= 4 is 45.6 Å². The van der Waals surface area contributed by atoms with Crippen LogP contribution in [-0.2, 0) is 16.0 Å². The van der Waals surface area contributed by atoms with Gasteiger partial charge in [0.1, 0.15) is 5.01 Å². The number of halogens is 1. The summed E-state index contributed by atoms with van der Waals surface area (Å²) < 4.78 is 0. The fourth-order valence-corrected chi connectivity index (χ4v) is 4.01. The van der Waals surface area contributed by atoms with Gasteiger partial charge in [0.05, 0.1) is 5.92 Å². The first kappa shape index (κ1) is 18.6. The van der Waals surface area contributed by atoms with Crippen LogP contribution in [0.2, 0.25) is 5.02 Å². The summed E-state index contributed by atoms with van der Waals surface area (Å²) in [5, 5.41) is 12.9. The van der Waals surface area contributed by atoms with E-state index in [4.69, 9.17) is 11.6 Å². The number of hydrogen-bond donors (Lipinski definition) is 1. The van der Waals surface area contributed by atoms with Crippen molar-refractivity contribution in [2.45, 2.75) is 12.8 Å². The minimum Gasteiger partial charge on any atom is -0.312 e.